The van der Waals surface area contributed by atoms with Crippen LogP contribution in [0.25, 0.3) is 0 Å². The molecule has 2 aromatic rings. The van der Waals surface area contributed by atoms with Crippen molar-refractivity contribution in [1.29, 1.82) is 0 Å². The minimum atomic E-state index is -1.31. The first kappa shape index (κ1) is 25.9. The van der Waals surface area contributed by atoms with E-state index in [-0.39, 0.29) is 30.7 Å². The number of non-ortho nitro benzene ring substituents is 1. The van der Waals surface area contributed by atoms with Gasteiger partial charge in [-0.1, -0.05) is 26.0 Å². The van der Waals surface area contributed by atoms with Crippen LogP contribution in [0.5, 0.6) is 11.5 Å². The zero-order valence-electron chi connectivity index (χ0n) is 19.9. The van der Waals surface area contributed by atoms with Gasteiger partial charge in [-0.25, -0.2) is 5.48 Å². The summed E-state index contributed by atoms with van der Waals surface area (Å²) in [5.41, 5.74) is 7.87. The highest BCUT2D eigenvalue weighted by atomic mass is 16.6. The Morgan fingerprint density at radius 2 is 1.97 bits per heavy atom. The monoisotopic (exact) mass is 486 g/mol. The maximum Gasteiger partial charge on any atom is 0.270 e. The van der Waals surface area contributed by atoms with E-state index in [2.05, 4.69) is 0 Å². The van der Waals surface area contributed by atoms with Crippen molar-refractivity contribution in [3.63, 3.8) is 0 Å². The quantitative estimate of drug-likeness (QED) is 0.263. The lowest BCUT2D eigenvalue weighted by Gasteiger charge is -2.30. The predicted octanol–water partition coefficient (Wildman–Crippen LogP) is 2.49. The SMILES string of the molecule is COc1ccc([N+](=O)[O-])cc1COc1ccc(C2(N)CCN(C(CC(C)C)C(=O)NO)C2=O)cc1. The second-order valence-electron chi connectivity index (χ2n) is 8.91. The molecule has 2 aromatic carbocycles. The van der Waals surface area contributed by atoms with E-state index in [9.17, 15) is 19.7 Å². The highest BCUT2D eigenvalue weighted by molar-refractivity contribution is 5.94. The largest absolute Gasteiger partial charge is 0.496 e. The van der Waals surface area contributed by atoms with E-state index in [0.717, 1.165) is 0 Å². The van der Waals surface area contributed by atoms with E-state index in [0.29, 0.717) is 35.5 Å². The molecule has 2 unspecified atom stereocenters. The third-order valence-electron chi connectivity index (χ3n) is 6.11. The molecule has 0 bridgehead atoms. The van der Waals surface area contributed by atoms with Crippen LogP contribution in [-0.4, -0.2) is 46.5 Å². The maximum absolute atomic E-state index is 13.3. The van der Waals surface area contributed by atoms with Crippen molar-refractivity contribution in [2.45, 2.75) is 44.9 Å². The van der Waals surface area contributed by atoms with Crippen molar-refractivity contribution < 1.29 is 29.2 Å². The van der Waals surface area contributed by atoms with Crippen molar-refractivity contribution in [1.82, 2.24) is 10.4 Å². The fraction of sp³-hybridized carbons (Fsp3) is 0.417. The first-order valence-electron chi connectivity index (χ1n) is 11.2. The molecule has 0 spiro atoms. The third kappa shape index (κ3) is 5.52. The average Bonchev–Trinajstić information content (AvgIpc) is 3.15. The van der Waals surface area contributed by atoms with Gasteiger partial charge in [0.15, 0.2) is 0 Å². The number of nitrogens with zero attached hydrogens (tertiary/aromatic N) is 2. The van der Waals surface area contributed by atoms with Crippen LogP contribution in [0.15, 0.2) is 42.5 Å². The molecule has 35 heavy (non-hydrogen) atoms. The number of rotatable bonds is 10. The molecule has 1 fully saturated rings. The van der Waals surface area contributed by atoms with Gasteiger partial charge in [-0.2, -0.15) is 0 Å². The van der Waals surface area contributed by atoms with E-state index in [1.807, 2.05) is 13.8 Å². The van der Waals surface area contributed by atoms with Crippen LogP contribution in [-0.2, 0) is 21.7 Å². The molecule has 1 aliphatic heterocycles. The van der Waals surface area contributed by atoms with Crippen LogP contribution in [0.2, 0.25) is 0 Å². The molecule has 0 saturated carbocycles. The summed E-state index contributed by atoms with van der Waals surface area (Å²) in [7, 11) is 1.47. The number of hydroxylamine groups is 1. The van der Waals surface area contributed by atoms with Crippen LogP contribution in [0.3, 0.4) is 0 Å². The molecule has 4 N–H and O–H groups in total. The number of amides is 2. The summed E-state index contributed by atoms with van der Waals surface area (Å²) in [6.07, 6.45) is 0.701. The summed E-state index contributed by atoms with van der Waals surface area (Å²) in [6.45, 7) is 4.18. The van der Waals surface area contributed by atoms with E-state index in [1.165, 1.54) is 30.2 Å². The number of benzene rings is 2. The summed E-state index contributed by atoms with van der Waals surface area (Å²) < 4.78 is 11.0. The molecule has 3 rings (SSSR count). The van der Waals surface area contributed by atoms with Gasteiger partial charge in [0.2, 0.25) is 5.91 Å². The first-order valence-corrected chi connectivity index (χ1v) is 11.2. The molecule has 1 saturated heterocycles. The zero-order valence-corrected chi connectivity index (χ0v) is 19.9. The van der Waals surface area contributed by atoms with Crippen LogP contribution < -0.4 is 20.7 Å². The molecule has 0 radical (unpaired) electrons. The second-order valence-corrected chi connectivity index (χ2v) is 8.91. The number of likely N-dealkylation sites (tertiary alicyclic amines) is 1. The number of carbonyl (C=O) groups is 2. The Balaban J connectivity index is 1.74. The van der Waals surface area contributed by atoms with Crippen LogP contribution in [0, 0.1) is 16.0 Å². The minimum absolute atomic E-state index is 0.0395. The van der Waals surface area contributed by atoms with Gasteiger partial charge in [-0.15, -0.1) is 0 Å². The number of hydrogen-bond donors (Lipinski definition) is 3. The topological polar surface area (TPSA) is 157 Å². The Hall–Kier alpha value is -3.70. The van der Waals surface area contributed by atoms with Gasteiger partial charge in [0.1, 0.15) is 29.7 Å². The lowest BCUT2D eigenvalue weighted by molar-refractivity contribution is -0.385. The number of nitrogens with two attached hydrogens (primary N) is 1. The van der Waals surface area contributed by atoms with Crippen LogP contribution in [0.1, 0.15) is 37.8 Å². The molecule has 2 amide bonds. The number of methoxy groups -OCH3 is 1. The normalized spacial score (nSPS) is 18.5. The van der Waals surface area contributed by atoms with Crippen molar-refractivity contribution in [2.24, 2.45) is 11.7 Å². The number of nitro groups is 1. The number of nitro benzene ring substituents is 1. The fourth-order valence-electron chi connectivity index (χ4n) is 4.22. The number of nitrogens with one attached hydrogen (secondary N) is 1. The number of ether oxygens (including phenoxy) is 2. The standard InChI is InChI=1S/C24H30N4O7/c1-15(2)12-20(22(29)26-31)27-11-10-24(25,23(27)30)17-4-7-19(8-5-17)35-14-16-13-18(28(32)33)6-9-21(16)34-3/h4-9,13,15,20,31H,10-12,14,25H2,1-3H3,(H,26,29). The third-order valence-corrected chi connectivity index (χ3v) is 6.11. The fourth-order valence-corrected chi connectivity index (χ4v) is 4.22. The van der Waals surface area contributed by atoms with Gasteiger partial charge in [0, 0.05) is 24.2 Å². The lowest BCUT2D eigenvalue weighted by Crippen LogP contribution is -2.52. The molecular formula is C24H30N4O7. The zero-order chi connectivity index (χ0) is 25.8. The molecule has 11 nitrogen and oxygen atoms in total. The number of carbonyl (C=O) groups excluding carboxylic acids is 2. The van der Waals surface area contributed by atoms with E-state index in [4.69, 9.17) is 20.4 Å². The van der Waals surface area contributed by atoms with Gasteiger partial charge in [0.25, 0.3) is 11.6 Å². The Kier molecular flexibility index (Phi) is 7.92. The highest BCUT2D eigenvalue weighted by Crippen LogP contribution is 2.34. The van der Waals surface area contributed by atoms with Gasteiger partial charge >= 0.3 is 0 Å². The Bertz CT molecular complexity index is 1090. The van der Waals surface area contributed by atoms with Gasteiger partial charge in [-0.3, -0.25) is 24.9 Å². The van der Waals surface area contributed by atoms with Crippen LogP contribution in [0.4, 0.5) is 5.69 Å². The molecule has 0 aromatic heterocycles. The van der Waals surface area contributed by atoms with Crippen molar-refractivity contribution in [2.75, 3.05) is 13.7 Å². The van der Waals surface area contributed by atoms with Crippen molar-refractivity contribution >= 4 is 17.5 Å². The Morgan fingerprint density at radius 3 is 2.54 bits per heavy atom. The molecular weight excluding hydrogens is 456 g/mol. The summed E-state index contributed by atoms with van der Waals surface area (Å²) in [4.78, 5) is 37.5. The Morgan fingerprint density at radius 1 is 1.29 bits per heavy atom. The first-order chi connectivity index (χ1) is 16.6. The smallest absolute Gasteiger partial charge is 0.270 e. The Labute approximate surface area is 202 Å². The maximum atomic E-state index is 13.3. The molecule has 1 heterocycles. The molecule has 188 valence electrons. The van der Waals surface area contributed by atoms with E-state index in [1.54, 1.807) is 29.7 Å². The molecule has 1 aliphatic rings. The van der Waals surface area contributed by atoms with Crippen LogP contribution >= 0.6 is 0 Å². The lowest BCUT2D eigenvalue weighted by atomic mass is 9.89. The predicted molar refractivity (Wildman–Crippen MR) is 126 cm³/mol. The van der Waals surface area contributed by atoms with Gasteiger partial charge < -0.3 is 20.1 Å². The number of hydrogen-bond acceptors (Lipinski definition) is 8. The summed E-state index contributed by atoms with van der Waals surface area (Å²) in [5.74, 6) is 0.0375. The van der Waals surface area contributed by atoms with Crippen molar-refractivity contribution in [3.05, 3.63) is 63.7 Å². The average molecular weight is 487 g/mol. The van der Waals surface area contributed by atoms with E-state index < -0.39 is 22.4 Å². The van der Waals surface area contributed by atoms with Gasteiger partial charge in [0.05, 0.1) is 12.0 Å². The molecule has 0 aliphatic carbocycles. The minimum Gasteiger partial charge on any atom is -0.496 e. The van der Waals surface area contributed by atoms with Crippen molar-refractivity contribution in [3.8, 4) is 11.5 Å². The summed E-state index contributed by atoms with van der Waals surface area (Å²) >= 11 is 0. The second kappa shape index (κ2) is 10.7. The molecule has 11 heteroatoms. The summed E-state index contributed by atoms with van der Waals surface area (Å²) in [6, 6.07) is 10.1. The van der Waals surface area contributed by atoms with Gasteiger partial charge in [-0.05, 0) is 42.5 Å². The highest BCUT2D eigenvalue weighted by Gasteiger charge is 2.48. The van der Waals surface area contributed by atoms with E-state index >= 15 is 0 Å². The summed E-state index contributed by atoms with van der Waals surface area (Å²) in [5, 5.41) is 20.2. The molecule has 2 atom stereocenters.